The number of aryl methyl sites for hydroxylation is 1. The summed E-state index contributed by atoms with van der Waals surface area (Å²) < 4.78 is 13.4. The fraction of sp³-hybridized carbons (Fsp3) is 0.364. The number of para-hydroxylation sites is 4. The second-order valence-electron chi connectivity index (χ2n) is 6.89. The monoisotopic (exact) mass is 381 g/mol. The van der Waals surface area contributed by atoms with Crippen molar-refractivity contribution in [3.8, 4) is 11.5 Å². The number of rotatable bonds is 9. The Morgan fingerprint density at radius 1 is 1.11 bits per heavy atom. The first kappa shape index (κ1) is 19.7. The van der Waals surface area contributed by atoms with Crippen molar-refractivity contribution in [3.63, 3.8) is 0 Å². The van der Waals surface area contributed by atoms with Crippen LogP contribution in [0.2, 0.25) is 0 Å². The number of nitrogens with zero attached hydrogens (tertiary/aromatic N) is 2. The maximum absolute atomic E-state index is 11.9. The van der Waals surface area contributed by atoms with Crippen LogP contribution in [0.4, 0.5) is 0 Å². The highest BCUT2D eigenvalue weighted by Crippen LogP contribution is 2.26. The van der Waals surface area contributed by atoms with Crippen LogP contribution >= 0.6 is 0 Å². The van der Waals surface area contributed by atoms with Crippen LogP contribution in [0.3, 0.4) is 0 Å². The Labute approximate surface area is 165 Å². The molecule has 1 N–H and O–H groups in total. The van der Waals surface area contributed by atoms with E-state index < -0.39 is 0 Å². The van der Waals surface area contributed by atoms with Crippen LogP contribution in [0.25, 0.3) is 11.0 Å². The van der Waals surface area contributed by atoms with Crippen molar-refractivity contribution in [2.24, 2.45) is 5.92 Å². The van der Waals surface area contributed by atoms with Gasteiger partial charge in [0.2, 0.25) is 5.91 Å². The third kappa shape index (κ3) is 4.63. The Morgan fingerprint density at radius 3 is 2.57 bits per heavy atom. The molecule has 0 radical (unpaired) electrons. The van der Waals surface area contributed by atoms with Gasteiger partial charge in [0.05, 0.1) is 31.3 Å². The van der Waals surface area contributed by atoms with Crippen molar-refractivity contribution in [2.45, 2.75) is 33.4 Å². The highest BCUT2D eigenvalue weighted by Gasteiger charge is 2.13. The van der Waals surface area contributed by atoms with E-state index in [1.807, 2.05) is 56.3 Å². The summed E-state index contributed by atoms with van der Waals surface area (Å²) >= 11 is 0. The highest BCUT2D eigenvalue weighted by molar-refractivity contribution is 5.78. The zero-order valence-electron chi connectivity index (χ0n) is 16.6. The van der Waals surface area contributed by atoms with Crippen molar-refractivity contribution >= 4 is 16.9 Å². The molecule has 0 spiro atoms. The molecule has 0 aliphatic rings. The van der Waals surface area contributed by atoms with Gasteiger partial charge in [0.1, 0.15) is 5.82 Å². The van der Waals surface area contributed by atoms with Gasteiger partial charge in [0.25, 0.3) is 0 Å². The van der Waals surface area contributed by atoms with Crippen molar-refractivity contribution in [1.29, 1.82) is 0 Å². The summed E-state index contributed by atoms with van der Waals surface area (Å²) in [6, 6.07) is 15.6. The Kier molecular flexibility index (Phi) is 6.53. The molecule has 6 heteroatoms. The molecule has 0 saturated heterocycles. The van der Waals surface area contributed by atoms with Crippen molar-refractivity contribution in [2.75, 3.05) is 13.7 Å². The summed E-state index contributed by atoms with van der Waals surface area (Å²) in [5, 5.41) is 2.96. The van der Waals surface area contributed by atoms with E-state index in [9.17, 15) is 4.79 Å². The van der Waals surface area contributed by atoms with Crippen LogP contribution in [0.5, 0.6) is 11.5 Å². The number of carbonyl (C=O) groups is 1. The number of hydrogen-bond donors (Lipinski definition) is 1. The second-order valence-corrected chi connectivity index (χ2v) is 6.89. The second kappa shape index (κ2) is 9.26. The lowest BCUT2D eigenvalue weighted by molar-refractivity contribution is -0.124. The van der Waals surface area contributed by atoms with E-state index in [-0.39, 0.29) is 11.8 Å². The molecule has 0 fully saturated rings. The smallest absolute Gasteiger partial charge is 0.222 e. The molecular weight excluding hydrogens is 354 g/mol. The molecule has 0 unspecified atom stereocenters. The Hall–Kier alpha value is -3.02. The first-order valence-corrected chi connectivity index (χ1v) is 9.58. The van der Waals surface area contributed by atoms with Gasteiger partial charge in [0, 0.05) is 12.5 Å². The van der Waals surface area contributed by atoms with E-state index in [0.29, 0.717) is 13.2 Å². The van der Waals surface area contributed by atoms with Crippen molar-refractivity contribution in [1.82, 2.24) is 14.9 Å². The number of benzene rings is 2. The molecule has 148 valence electrons. The van der Waals surface area contributed by atoms with Crippen molar-refractivity contribution < 1.29 is 14.3 Å². The minimum atomic E-state index is -0.0490. The Bertz CT molecular complexity index is 934. The Morgan fingerprint density at radius 2 is 1.82 bits per heavy atom. The lowest BCUT2D eigenvalue weighted by Gasteiger charge is -2.13. The predicted octanol–water partition coefficient (Wildman–Crippen LogP) is 3.79. The number of methoxy groups -OCH3 is 1. The van der Waals surface area contributed by atoms with Crippen LogP contribution in [0.15, 0.2) is 48.5 Å². The first-order valence-electron chi connectivity index (χ1n) is 9.58. The molecular formula is C22H27N3O3. The molecule has 1 heterocycles. The fourth-order valence-electron chi connectivity index (χ4n) is 3.02. The largest absolute Gasteiger partial charge is 0.493 e. The molecule has 28 heavy (non-hydrogen) atoms. The summed E-state index contributed by atoms with van der Waals surface area (Å²) in [6.45, 7) is 5.49. The van der Waals surface area contributed by atoms with Gasteiger partial charge < -0.3 is 19.4 Å². The van der Waals surface area contributed by atoms with Crippen LogP contribution in [-0.4, -0.2) is 29.2 Å². The SMILES string of the molecule is COc1ccccc1OCCCn1c(CNC(=O)C(C)C)nc2ccccc21. The number of carbonyl (C=O) groups excluding carboxylic acids is 1. The van der Waals surface area contributed by atoms with Gasteiger partial charge in [-0.15, -0.1) is 0 Å². The van der Waals surface area contributed by atoms with Gasteiger partial charge in [-0.05, 0) is 30.7 Å². The predicted molar refractivity (Wildman–Crippen MR) is 110 cm³/mol. The standard InChI is InChI=1S/C22H27N3O3/c1-16(2)22(26)23-15-21-24-17-9-4-5-10-18(17)25(21)13-8-14-28-20-12-7-6-11-19(20)27-3/h4-7,9-12,16H,8,13-15H2,1-3H3,(H,23,26). The molecule has 1 amide bonds. The molecule has 3 aromatic rings. The van der Waals surface area contributed by atoms with E-state index >= 15 is 0 Å². The molecule has 0 aliphatic carbocycles. The number of amides is 1. The fourth-order valence-corrected chi connectivity index (χ4v) is 3.02. The van der Waals surface area contributed by atoms with E-state index in [1.165, 1.54) is 0 Å². The molecule has 2 aromatic carbocycles. The van der Waals surface area contributed by atoms with Crippen LogP contribution in [-0.2, 0) is 17.9 Å². The number of fused-ring (bicyclic) bond motifs is 1. The van der Waals surface area contributed by atoms with E-state index in [0.717, 1.165) is 41.3 Å². The number of ether oxygens (including phenoxy) is 2. The summed E-state index contributed by atoms with van der Waals surface area (Å²) in [5.41, 5.74) is 2.00. The molecule has 0 saturated carbocycles. The van der Waals surface area contributed by atoms with Gasteiger partial charge in [-0.2, -0.15) is 0 Å². The van der Waals surface area contributed by atoms with Gasteiger partial charge in [-0.1, -0.05) is 38.1 Å². The van der Waals surface area contributed by atoms with Gasteiger partial charge in [0.15, 0.2) is 11.5 Å². The summed E-state index contributed by atoms with van der Waals surface area (Å²) in [5.74, 6) is 2.30. The molecule has 0 bridgehead atoms. The highest BCUT2D eigenvalue weighted by atomic mass is 16.5. The average molecular weight is 381 g/mol. The minimum absolute atomic E-state index is 0.0260. The topological polar surface area (TPSA) is 65.4 Å². The van der Waals surface area contributed by atoms with Crippen LogP contribution in [0.1, 0.15) is 26.1 Å². The van der Waals surface area contributed by atoms with Gasteiger partial charge in [-0.25, -0.2) is 4.98 Å². The normalized spacial score (nSPS) is 11.0. The molecule has 0 aliphatic heterocycles. The maximum atomic E-state index is 11.9. The molecule has 0 atom stereocenters. The third-order valence-corrected chi connectivity index (χ3v) is 4.53. The zero-order valence-corrected chi connectivity index (χ0v) is 16.6. The van der Waals surface area contributed by atoms with Gasteiger partial charge >= 0.3 is 0 Å². The molecule has 6 nitrogen and oxygen atoms in total. The van der Waals surface area contributed by atoms with E-state index in [4.69, 9.17) is 14.5 Å². The van der Waals surface area contributed by atoms with Crippen LogP contribution < -0.4 is 14.8 Å². The number of aromatic nitrogens is 2. The summed E-state index contributed by atoms with van der Waals surface area (Å²) in [4.78, 5) is 16.6. The number of imidazole rings is 1. The van der Waals surface area contributed by atoms with Crippen molar-refractivity contribution in [3.05, 3.63) is 54.4 Å². The lowest BCUT2D eigenvalue weighted by atomic mass is 10.2. The van der Waals surface area contributed by atoms with Crippen LogP contribution in [0, 0.1) is 5.92 Å². The first-order chi connectivity index (χ1) is 13.6. The number of nitrogens with one attached hydrogen (secondary N) is 1. The summed E-state index contributed by atoms with van der Waals surface area (Å²) in [7, 11) is 1.64. The zero-order chi connectivity index (χ0) is 19.9. The minimum Gasteiger partial charge on any atom is -0.493 e. The Balaban J connectivity index is 1.67. The maximum Gasteiger partial charge on any atom is 0.222 e. The molecule has 3 rings (SSSR count). The molecule has 1 aromatic heterocycles. The van der Waals surface area contributed by atoms with E-state index in [1.54, 1.807) is 7.11 Å². The van der Waals surface area contributed by atoms with Gasteiger partial charge in [-0.3, -0.25) is 4.79 Å². The third-order valence-electron chi connectivity index (χ3n) is 4.53. The average Bonchev–Trinajstić information content (AvgIpc) is 3.07. The van der Waals surface area contributed by atoms with E-state index in [2.05, 4.69) is 16.0 Å². The number of hydrogen-bond acceptors (Lipinski definition) is 4. The lowest BCUT2D eigenvalue weighted by Crippen LogP contribution is -2.28. The summed E-state index contributed by atoms with van der Waals surface area (Å²) in [6.07, 6.45) is 0.809. The quantitative estimate of drug-likeness (QED) is 0.573.